The van der Waals surface area contributed by atoms with E-state index in [-0.39, 0.29) is 5.60 Å². The molecule has 0 saturated carbocycles. The quantitative estimate of drug-likeness (QED) is 0.616. The molecule has 0 amide bonds. The van der Waals surface area contributed by atoms with E-state index in [4.69, 9.17) is 4.74 Å². The number of nitrogens with one attached hydrogen (secondary N) is 1. The Bertz CT molecular complexity index is 156. The molecule has 2 unspecified atom stereocenters. The first kappa shape index (κ1) is 9.12. The topological polar surface area (TPSA) is 61.4 Å². The Morgan fingerprint density at radius 3 is 3.00 bits per heavy atom. The van der Waals surface area contributed by atoms with Gasteiger partial charge in [-0.2, -0.15) is 0 Å². The van der Waals surface area contributed by atoms with Gasteiger partial charge in [-0.15, -0.1) is 0 Å². The zero-order chi connectivity index (χ0) is 8.32. The molecule has 1 aliphatic rings. The Kier molecular flexibility index (Phi) is 3.00. The lowest BCUT2D eigenvalue weighted by Crippen LogP contribution is -2.37. The molecule has 1 saturated heterocycles. The average molecular weight is 178 g/mol. The lowest BCUT2D eigenvalue weighted by Gasteiger charge is -2.23. The first-order valence-corrected chi connectivity index (χ1v) is 4.67. The highest BCUT2D eigenvalue weighted by atomic mass is 32.2. The van der Waals surface area contributed by atoms with Crippen molar-refractivity contribution in [2.24, 2.45) is 0 Å². The molecule has 1 fully saturated rings. The molecule has 1 heterocycles. The van der Waals surface area contributed by atoms with Crippen molar-refractivity contribution < 1.29 is 13.5 Å². The third-order valence-electron chi connectivity index (χ3n) is 1.86. The molecule has 0 aromatic heterocycles. The monoisotopic (exact) mass is 178 g/mol. The summed E-state index contributed by atoms with van der Waals surface area (Å²) in [6.07, 6.45) is 1.95. The van der Waals surface area contributed by atoms with E-state index in [1.807, 2.05) is 6.92 Å². The Hall–Kier alpha value is 0.0300. The molecule has 1 aliphatic heterocycles. The highest BCUT2D eigenvalue weighted by molar-refractivity contribution is 7.77. The molecule has 0 aliphatic carbocycles. The molecule has 0 bridgehead atoms. The van der Waals surface area contributed by atoms with Gasteiger partial charge in [0, 0.05) is 24.4 Å². The predicted octanol–water partition coefficient (Wildman–Crippen LogP) is -0.0608. The molecule has 1 N–H and O–H groups in total. The minimum absolute atomic E-state index is 0.278. The van der Waals surface area contributed by atoms with Crippen molar-refractivity contribution in [1.82, 2.24) is 4.72 Å². The largest absolute Gasteiger partial charge is 0.760 e. The molecule has 0 spiro atoms. The van der Waals surface area contributed by atoms with Crippen molar-refractivity contribution in [2.45, 2.75) is 25.4 Å². The van der Waals surface area contributed by atoms with E-state index in [9.17, 15) is 8.76 Å². The molecule has 0 radical (unpaired) electrons. The van der Waals surface area contributed by atoms with E-state index in [1.165, 1.54) is 0 Å². The third kappa shape index (κ3) is 2.86. The zero-order valence-corrected chi connectivity index (χ0v) is 7.28. The molecule has 1 rings (SSSR count). The van der Waals surface area contributed by atoms with Gasteiger partial charge >= 0.3 is 0 Å². The Labute approximate surface area is 68.7 Å². The van der Waals surface area contributed by atoms with E-state index in [0.29, 0.717) is 6.54 Å². The molecule has 0 aromatic rings. The predicted molar refractivity (Wildman–Crippen MR) is 40.5 cm³/mol. The van der Waals surface area contributed by atoms with Crippen LogP contribution >= 0.6 is 0 Å². The van der Waals surface area contributed by atoms with Gasteiger partial charge in [-0.25, -0.2) is 4.72 Å². The maximum Gasteiger partial charge on any atom is 0.0788 e. The van der Waals surface area contributed by atoms with Gasteiger partial charge in [-0.3, -0.25) is 4.21 Å². The molecular formula is C6H12NO3S-. The van der Waals surface area contributed by atoms with E-state index >= 15 is 0 Å². The van der Waals surface area contributed by atoms with E-state index in [0.717, 1.165) is 19.4 Å². The fraction of sp³-hybridized carbons (Fsp3) is 1.00. The highest BCUT2D eigenvalue weighted by Crippen LogP contribution is 2.23. The number of ether oxygens (including phenoxy) is 1. The van der Waals surface area contributed by atoms with Gasteiger partial charge in [0.1, 0.15) is 0 Å². The maximum atomic E-state index is 10.1. The zero-order valence-electron chi connectivity index (χ0n) is 6.46. The first-order chi connectivity index (χ1) is 5.12. The second-order valence-electron chi connectivity index (χ2n) is 2.96. The summed E-state index contributed by atoms with van der Waals surface area (Å²) in [7, 11) is 0. The smallest absolute Gasteiger partial charge is 0.0788 e. The van der Waals surface area contributed by atoms with E-state index in [1.54, 1.807) is 0 Å². The minimum Gasteiger partial charge on any atom is -0.760 e. The summed E-state index contributed by atoms with van der Waals surface area (Å²) in [4.78, 5) is 0. The van der Waals surface area contributed by atoms with Crippen LogP contribution in [0.1, 0.15) is 19.8 Å². The molecule has 66 valence electrons. The number of rotatable bonds is 3. The normalized spacial score (nSPS) is 34.0. The molecule has 5 heteroatoms. The van der Waals surface area contributed by atoms with Crippen LogP contribution in [-0.2, 0) is 16.0 Å². The van der Waals surface area contributed by atoms with Crippen LogP contribution in [0.2, 0.25) is 0 Å². The van der Waals surface area contributed by atoms with Gasteiger partial charge in [0.15, 0.2) is 0 Å². The maximum absolute atomic E-state index is 10.1. The van der Waals surface area contributed by atoms with E-state index < -0.39 is 11.3 Å². The van der Waals surface area contributed by atoms with Crippen molar-refractivity contribution >= 4 is 11.3 Å². The van der Waals surface area contributed by atoms with Crippen LogP contribution in [0.15, 0.2) is 0 Å². The van der Waals surface area contributed by atoms with Crippen LogP contribution < -0.4 is 4.72 Å². The van der Waals surface area contributed by atoms with Crippen molar-refractivity contribution in [3.8, 4) is 0 Å². The fourth-order valence-electron chi connectivity index (χ4n) is 1.19. The summed E-state index contributed by atoms with van der Waals surface area (Å²) in [6, 6.07) is 0. The Balaban J connectivity index is 2.28. The van der Waals surface area contributed by atoms with Gasteiger partial charge in [-0.1, -0.05) is 0 Å². The molecular weight excluding hydrogens is 166 g/mol. The van der Waals surface area contributed by atoms with Crippen molar-refractivity contribution in [3.05, 3.63) is 0 Å². The number of hydrogen-bond donors (Lipinski definition) is 1. The third-order valence-corrected chi connectivity index (χ3v) is 2.24. The molecule has 2 atom stereocenters. The molecule has 0 aromatic carbocycles. The summed E-state index contributed by atoms with van der Waals surface area (Å²) >= 11 is -2.17. The van der Waals surface area contributed by atoms with Crippen molar-refractivity contribution in [3.63, 3.8) is 0 Å². The summed E-state index contributed by atoms with van der Waals surface area (Å²) in [5.74, 6) is 0. The summed E-state index contributed by atoms with van der Waals surface area (Å²) in [5, 5.41) is 0. The summed E-state index contributed by atoms with van der Waals surface area (Å²) in [6.45, 7) is 3.03. The van der Waals surface area contributed by atoms with Crippen LogP contribution in [0.3, 0.4) is 0 Å². The summed E-state index contributed by atoms with van der Waals surface area (Å²) < 4.78 is 27.9. The Morgan fingerprint density at radius 1 is 1.82 bits per heavy atom. The standard InChI is InChI=1S/C6H13NO3S/c1-6(3-2-4-10-6)5-7-11(8)9/h7H,2-5H2,1H3,(H,8,9)/p-1. The lowest BCUT2D eigenvalue weighted by molar-refractivity contribution is 0.0249. The van der Waals surface area contributed by atoms with Crippen LogP contribution in [0, 0.1) is 0 Å². The second kappa shape index (κ2) is 3.62. The van der Waals surface area contributed by atoms with Gasteiger partial charge < -0.3 is 9.29 Å². The number of hydrogen-bond acceptors (Lipinski definition) is 3. The van der Waals surface area contributed by atoms with Crippen molar-refractivity contribution in [1.29, 1.82) is 0 Å². The molecule has 11 heavy (non-hydrogen) atoms. The van der Waals surface area contributed by atoms with Gasteiger partial charge in [0.2, 0.25) is 0 Å². The van der Waals surface area contributed by atoms with Gasteiger partial charge in [0.05, 0.1) is 5.60 Å². The highest BCUT2D eigenvalue weighted by Gasteiger charge is 2.29. The lowest BCUT2D eigenvalue weighted by atomic mass is 10.0. The van der Waals surface area contributed by atoms with Crippen molar-refractivity contribution in [2.75, 3.05) is 13.2 Å². The van der Waals surface area contributed by atoms with Gasteiger partial charge in [0.25, 0.3) is 0 Å². The average Bonchev–Trinajstić information content (AvgIpc) is 2.33. The summed E-state index contributed by atoms with van der Waals surface area (Å²) in [5.41, 5.74) is -0.278. The SMILES string of the molecule is CC1(CNS(=O)[O-])CCCO1. The van der Waals surface area contributed by atoms with Crippen LogP contribution in [0.4, 0.5) is 0 Å². The van der Waals surface area contributed by atoms with Crippen LogP contribution in [-0.4, -0.2) is 27.5 Å². The second-order valence-corrected chi connectivity index (χ2v) is 3.72. The van der Waals surface area contributed by atoms with Crippen LogP contribution in [0.5, 0.6) is 0 Å². The van der Waals surface area contributed by atoms with E-state index in [2.05, 4.69) is 4.72 Å². The Morgan fingerprint density at radius 2 is 2.55 bits per heavy atom. The molecule has 4 nitrogen and oxygen atoms in total. The fourth-order valence-corrected chi connectivity index (χ4v) is 1.61. The minimum atomic E-state index is -2.17. The van der Waals surface area contributed by atoms with Crippen LogP contribution in [0.25, 0.3) is 0 Å². The first-order valence-electron chi connectivity index (χ1n) is 3.59. The van der Waals surface area contributed by atoms with Gasteiger partial charge in [-0.05, 0) is 19.8 Å².